The predicted octanol–water partition coefficient (Wildman–Crippen LogP) is 6.28. The second kappa shape index (κ2) is 10.4. The van der Waals surface area contributed by atoms with Crippen LogP contribution in [0.3, 0.4) is 0 Å². The maximum absolute atomic E-state index is 11.0. The third-order valence-corrected chi connectivity index (χ3v) is 7.26. The van der Waals surface area contributed by atoms with Crippen molar-refractivity contribution >= 4 is 45.8 Å². The Balaban J connectivity index is 1.67. The number of aryl methyl sites for hydroxylation is 1. The Bertz CT molecular complexity index is 1390. The highest BCUT2D eigenvalue weighted by Gasteiger charge is 2.19. The van der Waals surface area contributed by atoms with Crippen molar-refractivity contribution in [1.29, 1.82) is 0 Å². The number of rotatable bonds is 8. The largest absolute Gasteiger partial charge is 0.493 e. The van der Waals surface area contributed by atoms with E-state index in [0.717, 1.165) is 31.8 Å². The Morgan fingerprint density at radius 2 is 1.86 bits per heavy atom. The Hall–Kier alpha value is -3.56. The van der Waals surface area contributed by atoms with Gasteiger partial charge in [0.15, 0.2) is 11.5 Å². The average molecular weight is 513 g/mol. The molecule has 3 N–H and O–H groups in total. The number of amides is 1. The summed E-state index contributed by atoms with van der Waals surface area (Å²) in [5.74, 6) is 2.47. The molecule has 0 aliphatic heterocycles. The van der Waals surface area contributed by atoms with Crippen LogP contribution in [0.4, 0.5) is 10.6 Å². The van der Waals surface area contributed by atoms with Crippen molar-refractivity contribution in [3.63, 3.8) is 0 Å². The molecule has 4 rings (SSSR count). The molecule has 1 amide bonds. The van der Waals surface area contributed by atoms with Crippen molar-refractivity contribution in [1.82, 2.24) is 15.3 Å². The van der Waals surface area contributed by atoms with Crippen LogP contribution in [0.2, 0.25) is 5.02 Å². The minimum Gasteiger partial charge on any atom is -0.493 e. The van der Waals surface area contributed by atoms with E-state index in [2.05, 4.69) is 20.6 Å². The van der Waals surface area contributed by atoms with E-state index in [1.54, 1.807) is 25.6 Å². The number of anilines is 1. The van der Waals surface area contributed by atoms with Crippen molar-refractivity contribution in [3.05, 3.63) is 63.8 Å². The fraction of sp³-hybridized carbons (Fsp3) is 0.240. The average Bonchev–Trinajstić information content (AvgIpc) is 3.23. The van der Waals surface area contributed by atoms with Gasteiger partial charge in [0.2, 0.25) is 0 Å². The molecule has 0 fully saturated rings. The van der Waals surface area contributed by atoms with Crippen molar-refractivity contribution in [2.24, 2.45) is 0 Å². The Morgan fingerprint density at radius 1 is 1.14 bits per heavy atom. The SMILES string of the molecule is COc1cc2nc(C)nc(NC(C)c3sc(-c4ccccc4CNC(=O)O)cc3Cl)c2cc1OC. The van der Waals surface area contributed by atoms with Gasteiger partial charge in [-0.15, -0.1) is 11.3 Å². The molecule has 0 radical (unpaired) electrons. The summed E-state index contributed by atoms with van der Waals surface area (Å²) in [6.07, 6.45) is -1.07. The van der Waals surface area contributed by atoms with Gasteiger partial charge >= 0.3 is 6.09 Å². The molecule has 2 aromatic heterocycles. The Morgan fingerprint density at radius 3 is 2.57 bits per heavy atom. The van der Waals surface area contributed by atoms with Crippen molar-refractivity contribution < 1.29 is 19.4 Å². The van der Waals surface area contributed by atoms with Gasteiger partial charge in [0.05, 0.1) is 30.8 Å². The highest BCUT2D eigenvalue weighted by atomic mass is 35.5. The molecule has 0 aliphatic rings. The normalized spacial score (nSPS) is 11.8. The summed E-state index contributed by atoms with van der Waals surface area (Å²) in [4.78, 5) is 22.0. The first-order valence-corrected chi connectivity index (χ1v) is 12.0. The first-order chi connectivity index (χ1) is 16.8. The number of benzene rings is 2. The molecule has 1 atom stereocenters. The number of nitrogens with zero attached hydrogens (tertiary/aromatic N) is 2. The van der Waals surface area contributed by atoms with E-state index in [9.17, 15) is 4.79 Å². The van der Waals surface area contributed by atoms with Crippen LogP contribution in [-0.4, -0.2) is 35.4 Å². The summed E-state index contributed by atoms with van der Waals surface area (Å²) in [6, 6.07) is 13.1. The molecular formula is C25H25ClN4O4S. The van der Waals surface area contributed by atoms with Gasteiger partial charge in [0.25, 0.3) is 0 Å². The smallest absolute Gasteiger partial charge is 0.404 e. The number of ether oxygens (including phenoxy) is 2. The number of halogens is 1. The number of nitrogens with one attached hydrogen (secondary N) is 2. The summed E-state index contributed by atoms with van der Waals surface area (Å²) in [6.45, 7) is 4.06. The molecule has 2 aromatic carbocycles. The molecule has 0 bridgehead atoms. The van der Waals surface area contributed by atoms with Gasteiger partial charge in [-0.05, 0) is 37.1 Å². The summed E-state index contributed by atoms with van der Waals surface area (Å²) in [5.41, 5.74) is 2.55. The van der Waals surface area contributed by atoms with E-state index in [1.807, 2.05) is 56.3 Å². The van der Waals surface area contributed by atoms with E-state index < -0.39 is 6.09 Å². The summed E-state index contributed by atoms with van der Waals surface area (Å²) < 4.78 is 10.9. The number of thiophene rings is 1. The van der Waals surface area contributed by atoms with E-state index in [-0.39, 0.29) is 12.6 Å². The van der Waals surface area contributed by atoms with E-state index in [4.69, 9.17) is 26.2 Å². The zero-order chi connectivity index (χ0) is 25.1. The Kier molecular flexibility index (Phi) is 7.28. The van der Waals surface area contributed by atoms with Crippen LogP contribution in [0.5, 0.6) is 11.5 Å². The third kappa shape index (κ3) is 5.26. The maximum Gasteiger partial charge on any atom is 0.404 e. The molecule has 0 saturated carbocycles. The molecule has 0 saturated heterocycles. The second-order valence-electron chi connectivity index (χ2n) is 7.85. The highest BCUT2D eigenvalue weighted by molar-refractivity contribution is 7.16. The lowest BCUT2D eigenvalue weighted by atomic mass is 10.1. The van der Waals surface area contributed by atoms with Gasteiger partial charge in [-0.1, -0.05) is 35.9 Å². The molecule has 1 unspecified atom stereocenters. The van der Waals surface area contributed by atoms with Crippen LogP contribution in [0, 0.1) is 6.92 Å². The molecule has 0 spiro atoms. The quantitative estimate of drug-likeness (QED) is 0.255. The molecule has 4 aromatic rings. The standard InChI is InChI=1S/C25H25ClN4O4S/c1-13(28-24-17-9-20(33-3)21(34-4)11-19(17)29-14(2)30-24)23-18(26)10-22(35-23)16-8-6-5-7-15(16)12-27-25(31)32/h5-11,13,27H,12H2,1-4H3,(H,31,32)(H,28,29,30). The third-order valence-electron chi connectivity index (χ3n) is 5.49. The molecule has 2 heterocycles. The first-order valence-electron chi connectivity index (χ1n) is 10.8. The lowest BCUT2D eigenvalue weighted by Crippen LogP contribution is -2.20. The van der Waals surface area contributed by atoms with Crippen molar-refractivity contribution in [3.8, 4) is 21.9 Å². The number of methoxy groups -OCH3 is 2. The van der Waals surface area contributed by atoms with Crippen LogP contribution in [0.1, 0.15) is 29.2 Å². The van der Waals surface area contributed by atoms with Crippen LogP contribution >= 0.6 is 22.9 Å². The summed E-state index contributed by atoms with van der Waals surface area (Å²) in [7, 11) is 3.18. The van der Waals surface area contributed by atoms with Crippen LogP contribution < -0.4 is 20.1 Å². The van der Waals surface area contributed by atoms with Gasteiger partial charge < -0.3 is 25.2 Å². The molecular weight excluding hydrogens is 488 g/mol. The fourth-order valence-electron chi connectivity index (χ4n) is 3.85. The minimum atomic E-state index is -1.07. The number of aromatic nitrogens is 2. The monoisotopic (exact) mass is 512 g/mol. The molecule has 10 heteroatoms. The molecule has 182 valence electrons. The molecule has 8 nitrogen and oxygen atoms in total. The second-order valence-corrected chi connectivity index (χ2v) is 9.34. The van der Waals surface area contributed by atoms with E-state index in [0.29, 0.717) is 28.2 Å². The zero-order valence-corrected chi connectivity index (χ0v) is 21.3. The lowest BCUT2D eigenvalue weighted by Gasteiger charge is -2.17. The van der Waals surface area contributed by atoms with Crippen LogP contribution in [0.25, 0.3) is 21.3 Å². The van der Waals surface area contributed by atoms with Gasteiger partial charge in [0, 0.05) is 27.8 Å². The highest BCUT2D eigenvalue weighted by Crippen LogP contribution is 2.41. The van der Waals surface area contributed by atoms with Gasteiger partial charge in [0.1, 0.15) is 11.6 Å². The van der Waals surface area contributed by atoms with Gasteiger partial charge in [-0.25, -0.2) is 14.8 Å². The van der Waals surface area contributed by atoms with Gasteiger partial charge in [-0.2, -0.15) is 0 Å². The molecule has 0 aliphatic carbocycles. The minimum absolute atomic E-state index is 0.156. The zero-order valence-electron chi connectivity index (χ0n) is 19.7. The summed E-state index contributed by atoms with van der Waals surface area (Å²) >= 11 is 8.22. The fourth-order valence-corrected chi connectivity index (χ4v) is 5.42. The number of hydrogen-bond donors (Lipinski definition) is 3. The van der Waals surface area contributed by atoms with Crippen molar-refractivity contribution in [2.75, 3.05) is 19.5 Å². The first kappa shape index (κ1) is 24.6. The Labute approximate surface area is 211 Å². The summed E-state index contributed by atoms with van der Waals surface area (Å²) in [5, 5.41) is 16.3. The molecule has 35 heavy (non-hydrogen) atoms. The topological polar surface area (TPSA) is 106 Å². The number of carbonyl (C=O) groups is 1. The van der Waals surface area contributed by atoms with Crippen LogP contribution in [0.15, 0.2) is 42.5 Å². The predicted molar refractivity (Wildman–Crippen MR) is 139 cm³/mol. The van der Waals surface area contributed by atoms with E-state index >= 15 is 0 Å². The van der Waals surface area contributed by atoms with E-state index in [1.165, 1.54) is 0 Å². The maximum atomic E-state index is 11.0. The number of fused-ring (bicyclic) bond motifs is 1. The van der Waals surface area contributed by atoms with Crippen molar-refractivity contribution in [2.45, 2.75) is 26.4 Å². The number of carboxylic acid groups (broad SMARTS) is 1. The van der Waals surface area contributed by atoms with Crippen LogP contribution in [-0.2, 0) is 6.54 Å². The lowest BCUT2D eigenvalue weighted by molar-refractivity contribution is 0.194. The number of hydrogen-bond acceptors (Lipinski definition) is 7. The van der Waals surface area contributed by atoms with Gasteiger partial charge in [-0.3, -0.25) is 0 Å².